The maximum Gasteiger partial charge on any atom is -0.0236 e. The Hall–Kier alpha value is -0.610. The Morgan fingerprint density at radius 1 is 1.14 bits per heavy atom. The molecule has 1 heteroatoms. The molecule has 1 atom stereocenters. The van der Waals surface area contributed by atoms with Crippen molar-refractivity contribution in [2.24, 2.45) is 0 Å². The molecule has 2 aliphatic carbocycles. The van der Waals surface area contributed by atoms with E-state index in [9.17, 15) is 0 Å². The van der Waals surface area contributed by atoms with Gasteiger partial charge in [-0.15, -0.1) is 0 Å². The molecule has 0 N–H and O–H groups in total. The minimum Gasteiger partial charge on any atom is -0.0842 e. The van der Waals surface area contributed by atoms with E-state index >= 15 is 0 Å². The van der Waals surface area contributed by atoms with Crippen molar-refractivity contribution in [3.63, 3.8) is 0 Å². The maximum absolute atomic E-state index is 2.42. The van der Waals surface area contributed by atoms with Gasteiger partial charge < -0.3 is 0 Å². The van der Waals surface area contributed by atoms with Gasteiger partial charge in [-0.25, -0.2) is 0 Å². The first-order valence-corrected chi connectivity index (χ1v) is 7.13. The fourth-order valence-corrected chi connectivity index (χ4v) is 3.72. The van der Waals surface area contributed by atoms with Crippen molar-refractivity contribution in [3.8, 4) is 0 Å². The van der Waals surface area contributed by atoms with Crippen LogP contribution >= 0.6 is 7.92 Å². The van der Waals surface area contributed by atoms with Crippen molar-refractivity contribution in [1.82, 2.24) is 0 Å². The Balaban J connectivity index is 2.10. The monoisotopic (exact) mass is 204 g/mol. The Morgan fingerprint density at radius 2 is 2.07 bits per heavy atom. The molecular weight excluding hydrogens is 187 g/mol. The highest BCUT2D eigenvalue weighted by Gasteiger charge is 2.12. The molecule has 0 bridgehead atoms. The highest BCUT2D eigenvalue weighted by molar-refractivity contribution is 7.65. The molecule has 0 fully saturated rings. The molecule has 2 rings (SSSR count). The molecule has 0 aromatic heterocycles. The van der Waals surface area contributed by atoms with Crippen molar-refractivity contribution >= 4 is 7.92 Å². The highest BCUT2D eigenvalue weighted by Crippen LogP contribution is 2.52. The van der Waals surface area contributed by atoms with Crippen LogP contribution in [0.5, 0.6) is 0 Å². The van der Waals surface area contributed by atoms with E-state index in [2.05, 4.69) is 43.1 Å². The summed E-state index contributed by atoms with van der Waals surface area (Å²) >= 11 is 0. The Bertz CT molecular complexity index is 318. The molecule has 0 heterocycles. The number of allylic oxidation sites excluding steroid dienone is 8. The van der Waals surface area contributed by atoms with Gasteiger partial charge in [-0.1, -0.05) is 44.4 Å². The largest absolute Gasteiger partial charge is 0.0842 e. The quantitative estimate of drug-likeness (QED) is 0.578. The smallest absolute Gasteiger partial charge is 0.0236 e. The van der Waals surface area contributed by atoms with Crippen molar-refractivity contribution < 1.29 is 0 Å². The third kappa shape index (κ3) is 2.25. The minimum atomic E-state index is -0.0327. The topological polar surface area (TPSA) is 0 Å². The summed E-state index contributed by atoms with van der Waals surface area (Å²) in [5.41, 5.74) is 0. The van der Waals surface area contributed by atoms with Crippen LogP contribution in [0, 0.1) is 0 Å². The summed E-state index contributed by atoms with van der Waals surface area (Å²) in [5, 5.41) is 3.23. The van der Waals surface area contributed by atoms with Gasteiger partial charge in [-0.05, 0) is 43.0 Å². The molecule has 0 aromatic rings. The summed E-state index contributed by atoms with van der Waals surface area (Å²) in [6.07, 6.45) is 18.8. The molecule has 2 aliphatic rings. The van der Waals surface area contributed by atoms with E-state index in [1.807, 2.05) is 0 Å². The van der Waals surface area contributed by atoms with Gasteiger partial charge in [0, 0.05) is 0 Å². The first kappa shape index (κ1) is 9.93. The molecular formula is C13H17P. The molecule has 0 radical (unpaired) electrons. The second kappa shape index (κ2) is 4.75. The third-order valence-electron chi connectivity index (χ3n) is 2.79. The summed E-state index contributed by atoms with van der Waals surface area (Å²) < 4.78 is 0. The van der Waals surface area contributed by atoms with E-state index in [0.717, 1.165) is 0 Å². The fraction of sp³-hybridized carbons (Fsp3) is 0.385. The molecule has 14 heavy (non-hydrogen) atoms. The normalized spacial score (nSPS) is 22.9. The second-order valence-corrected chi connectivity index (χ2v) is 6.00. The fourth-order valence-electron chi connectivity index (χ4n) is 1.88. The molecule has 0 aliphatic heterocycles. The zero-order valence-electron chi connectivity index (χ0n) is 8.74. The van der Waals surface area contributed by atoms with Crippen LogP contribution in [0.25, 0.3) is 0 Å². The SMILES string of the molecule is CP(C1=CCCC=C1)C1=CC=CCC1. The van der Waals surface area contributed by atoms with Crippen LogP contribution in [0.2, 0.25) is 0 Å². The average molecular weight is 204 g/mol. The van der Waals surface area contributed by atoms with Gasteiger partial charge in [0.1, 0.15) is 0 Å². The van der Waals surface area contributed by atoms with Gasteiger partial charge in [0.25, 0.3) is 0 Å². The lowest BCUT2D eigenvalue weighted by molar-refractivity contribution is 1.01. The van der Waals surface area contributed by atoms with Crippen LogP contribution in [-0.4, -0.2) is 6.66 Å². The lowest BCUT2D eigenvalue weighted by Crippen LogP contribution is -1.89. The van der Waals surface area contributed by atoms with E-state index in [0.29, 0.717) is 0 Å². The Morgan fingerprint density at radius 3 is 2.71 bits per heavy atom. The van der Waals surface area contributed by atoms with Gasteiger partial charge in [-0.3, -0.25) is 0 Å². The summed E-state index contributed by atoms with van der Waals surface area (Å²) in [6.45, 7) is 2.39. The van der Waals surface area contributed by atoms with Gasteiger partial charge in [0.05, 0.1) is 0 Å². The van der Waals surface area contributed by atoms with E-state index in [1.54, 1.807) is 10.6 Å². The molecule has 0 spiro atoms. The summed E-state index contributed by atoms with van der Waals surface area (Å²) in [6, 6.07) is 0. The highest BCUT2D eigenvalue weighted by atomic mass is 31.1. The lowest BCUT2D eigenvalue weighted by Gasteiger charge is -2.20. The van der Waals surface area contributed by atoms with Crippen LogP contribution in [0.15, 0.2) is 47.1 Å². The van der Waals surface area contributed by atoms with Gasteiger partial charge >= 0.3 is 0 Å². The molecule has 0 nitrogen and oxygen atoms in total. The molecule has 0 saturated carbocycles. The van der Waals surface area contributed by atoms with Crippen LogP contribution in [0.4, 0.5) is 0 Å². The molecule has 0 aromatic carbocycles. The zero-order chi connectivity index (χ0) is 9.80. The lowest BCUT2D eigenvalue weighted by atomic mass is 10.2. The summed E-state index contributed by atoms with van der Waals surface area (Å²) in [5.74, 6) is 0. The minimum absolute atomic E-state index is 0.0327. The summed E-state index contributed by atoms with van der Waals surface area (Å²) in [4.78, 5) is 0. The van der Waals surface area contributed by atoms with E-state index < -0.39 is 0 Å². The third-order valence-corrected chi connectivity index (χ3v) is 5.13. The van der Waals surface area contributed by atoms with Gasteiger partial charge in [-0.2, -0.15) is 0 Å². The van der Waals surface area contributed by atoms with Crippen molar-refractivity contribution in [3.05, 3.63) is 47.1 Å². The van der Waals surface area contributed by atoms with Gasteiger partial charge in [0.2, 0.25) is 0 Å². The first-order valence-electron chi connectivity index (χ1n) is 5.34. The van der Waals surface area contributed by atoms with Crippen LogP contribution in [0.1, 0.15) is 25.7 Å². The van der Waals surface area contributed by atoms with Crippen molar-refractivity contribution in [2.75, 3.05) is 6.66 Å². The molecule has 0 saturated heterocycles. The Kier molecular flexibility index (Phi) is 3.37. The zero-order valence-corrected chi connectivity index (χ0v) is 9.63. The standard InChI is InChI=1S/C13H17P/c1-14(12-8-4-2-5-9-12)13-10-6-3-7-11-13/h2,4,6,8,10-11H,3,5,7,9H2,1H3. The van der Waals surface area contributed by atoms with Crippen LogP contribution in [-0.2, 0) is 0 Å². The van der Waals surface area contributed by atoms with E-state index in [1.165, 1.54) is 25.7 Å². The number of hydrogen-bond acceptors (Lipinski definition) is 0. The molecule has 74 valence electrons. The first-order chi connectivity index (χ1) is 6.88. The predicted molar refractivity (Wildman–Crippen MR) is 65.8 cm³/mol. The van der Waals surface area contributed by atoms with Crippen molar-refractivity contribution in [1.29, 1.82) is 0 Å². The van der Waals surface area contributed by atoms with E-state index in [4.69, 9.17) is 0 Å². The Labute approximate surface area is 87.8 Å². The number of hydrogen-bond donors (Lipinski definition) is 0. The molecule has 1 unspecified atom stereocenters. The van der Waals surface area contributed by atoms with Crippen LogP contribution in [0.3, 0.4) is 0 Å². The average Bonchev–Trinajstić information content (AvgIpc) is 2.30. The van der Waals surface area contributed by atoms with Crippen molar-refractivity contribution in [2.45, 2.75) is 25.7 Å². The maximum atomic E-state index is 2.42. The molecule has 0 amide bonds. The van der Waals surface area contributed by atoms with E-state index in [-0.39, 0.29) is 7.92 Å². The van der Waals surface area contributed by atoms with Crippen LogP contribution < -0.4 is 0 Å². The summed E-state index contributed by atoms with van der Waals surface area (Å²) in [7, 11) is -0.0327. The number of rotatable bonds is 2. The second-order valence-electron chi connectivity index (χ2n) is 3.79. The predicted octanol–water partition coefficient (Wildman–Crippen LogP) is 4.57. The van der Waals surface area contributed by atoms with Gasteiger partial charge in [0.15, 0.2) is 0 Å².